The third-order valence-electron chi connectivity index (χ3n) is 4.12. The van der Waals surface area contributed by atoms with E-state index in [2.05, 4.69) is 23.9 Å². The van der Waals surface area contributed by atoms with Gasteiger partial charge in [-0.1, -0.05) is 27.7 Å². The van der Waals surface area contributed by atoms with E-state index in [4.69, 9.17) is 0 Å². The Labute approximate surface area is 122 Å². The molecule has 5 nitrogen and oxygen atoms in total. The van der Waals surface area contributed by atoms with E-state index in [9.17, 15) is 9.90 Å². The lowest BCUT2D eigenvalue weighted by molar-refractivity contribution is -0.0617. The number of carbonyl (C=O) groups excluding carboxylic acids is 1. The summed E-state index contributed by atoms with van der Waals surface area (Å²) in [7, 11) is 1.33. The molecule has 2 atom stereocenters. The number of hydrogen-bond acceptors (Lipinski definition) is 4. The highest BCUT2D eigenvalue weighted by molar-refractivity contribution is 5.70. The maximum atomic E-state index is 11.6. The first-order chi connectivity index (χ1) is 9.29. The second-order valence-corrected chi connectivity index (χ2v) is 5.76. The van der Waals surface area contributed by atoms with Gasteiger partial charge in [0.1, 0.15) is 0 Å². The SMILES string of the molecule is CCN(CC)C(C)(O)/C(NC(=O)OC)=C1\CC1C(C)C. The largest absolute Gasteiger partial charge is 0.453 e. The molecule has 0 saturated heterocycles. The summed E-state index contributed by atoms with van der Waals surface area (Å²) in [5, 5.41) is 13.6. The average Bonchev–Trinajstić information content (AvgIpc) is 3.16. The molecule has 0 spiro atoms. The van der Waals surface area contributed by atoms with Crippen molar-refractivity contribution in [1.29, 1.82) is 0 Å². The van der Waals surface area contributed by atoms with Gasteiger partial charge in [-0.3, -0.25) is 10.2 Å². The van der Waals surface area contributed by atoms with Crippen molar-refractivity contribution in [2.45, 2.75) is 46.8 Å². The first-order valence-corrected chi connectivity index (χ1v) is 7.35. The van der Waals surface area contributed by atoms with Crippen molar-refractivity contribution < 1.29 is 14.6 Å². The summed E-state index contributed by atoms with van der Waals surface area (Å²) in [6, 6.07) is 0. The van der Waals surface area contributed by atoms with Crippen LogP contribution in [0, 0.1) is 11.8 Å². The van der Waals surface area contributed by atoms with Crippen molar-refractivity contribution in [2.24, 2.45) is 11.8 Å². The smallest absolute Gasteiger partial charge is 0.411 e. The Bertz CT molecular complexity index is 385. The lowest BCUT2D eigenvalue weighted by Crippen LogP contribution is -2.52. The van der Waals surface area contributed by atoms with Crippen LogP contribution in [-0.2, 0) is 4.74 Å². The number of carbonyl (C=O) groups is 1. The predicted octanol–water partition coefficient (Wildman–Crippen LogP) is 2.32. The molecule has 20 heavy (non-hydrogen) atoms. The number of aliphatic hydroxyl groups is 1. The summed E-state index contributed by atoms with van der Waals surface area (Å²) in [6.07, 6.45) is 0.392. The molecule has 0 aromatic heterocycles. The fraction of sp³-hybridized carbons (Fsp3) is 0.800. The number of allylic oxidation sites excluding steroid dienone is 1. The van der Waals surface area contributed by atoms with E-state index in [1.807, 2.05) is 18.7 Å². The van der Waals surface area contributed by atoms with E-state index in [0.717, 1.165) is 12.0 Å². The van der Waals surface area contributed by atoms with Crippen molar-refractivity contribution in [3.63, 3.8) is 0 Å². The van der Waals surface area contributed by atoms with Gasteiger partial charge in [0.25, 0.3) is 0 Å². The highest BCUT2D eigenvalue weighted by Crippen LogP contribution is 2.47. The molecule has 1 amide bonds. The highest BCUT2D eigenvalue weighted by atomic mass is 16.5. The minimum atomic E-state index is -1.18. The van der Waals surface area contributed by atoms with Crippen LogP contribution in [0.1, 0.15) is 41.0 Å². The van der Waals surface area contributed by atoms with E-state index in [1.165, 1.54) is 7.11 Å². The van der Waals surface area contributed by atoms with Crippen molar-refractivity contribution in [3.8, 4) is 0 Å². The van der Waals surface area contributed by atoms with E-state index in [-0.39, 0.29) is 0 Å². The summed E-state index contributed by atoms with van der Waals surface area (Å²) in [6.45, 7) is 11.4. The third kappa shape index (κ3) is 3.52. The molecule has 0 heterocycles. The van der Waals surface area contributed by atoms with Crippen LogP contribution in [0.4, 0.5) is 4.79 Å². The van der Waals surface area contributed by atoms with Gasteiger partial charge >= 0.3 is 6.09 Å². The molecule has 0 aromatic rings. The van der Waals surface area contributed by atoms with E-state index in [0.29, 0.717) is 30.6 Å². The van der Waals surface area contributed by atoms with Gasteiger partial charge in [-0.25, -0.2) is 4.79 Å². The average molecular weight is 284 g/mol. The predicted molar refractivity (Wildman–Crippen MR) is 79.1 cm³/mol. The van der Waals surface area contributed by atoms with Crippen LogP contribution in [0.3, 0.4) is 0 Å². The number of nitrogens with one attached hydrogen (secondary N) is 1. The molecule has 0 bridgehead atoms. The Morgan fingerprint density at radius 3 is 2.40 bits per heavy atom. The van der Waals surface area contributed by atoms with Gasteiger partial charge in [0.05, 0.1) is 12.8 Å². The molecular weight excluding hydrogens is 256 g/mol. The minimum Gasteiger partial charge on any atom is -0.453 e. The number of nitrogens with zero attached hydrogens (tertiary/aromatic N) is 1. The van der Waals surface area contributed by atoms with Crippen molar-refractivity contribution in [2.75, 3.05) is 20.2 Å². The summed E-state index contributed by atoms with van der Waals surface area (Å²) < 4.78 is 4.68. The molecule has 5 heteroatoms. The number of ether oxygens (including phenoxy) is 1. The van der Waals surface area contributed by atoms with Crippen LogP contribution in [-0.4, -0.2) is 42.0 Å². The highest BCUT2D eigenvalue weighted by Gasteiger charge is 2.43. The Hall–Kier alpha value is -1.07. The quantitative estimate of drug-likeness (QED) is 0.735. The maximum absolute atomic E-state index is 11.6. The monoisotopic (exact) mass is 284 g/mol. The van der Waals surface area contributed by atoms with Gasteiger partial charge in [0, 0.05) is 0 Å². The summed E-state index contributed by atoms with van der Waals surface area (Å²) in [4.78, 5) is 13.5. The molecule has 0 aromatic carbocycles. The third-order valence-corrected chi connectivity index (χ3v) is 4.12. The molecule has 1 saturated carbocycles. The van der Waals surface area contributed by atoms with E-state index < -0.39 is 11.8 Å². The number of likely N-dealkylation sites (N-methyl/N-ethyl adjacent to an activating group) is 1. The molecule has 116 valence electrons. The van der Waals surface area contributed by atoms with Crippen LogP contribution in [0.5, 0.6) is 0 Å². The van der Waals surface area contributed by atoms with Crippen molar-refractivity contribution >= 4 is 6.09 Å². The molecule has 1 aliphatic carbocycles. The lowest BCUT2D eigenvalue weighted by Gasteiger charge is -2.37. The number of rotatable bonds is 6. The molecule has 1 fully saturated rings. The lowest BCUT2D eigenvalue weighted by atomic mass is 10.0. The van der Waals surface area contributed by atoms with Crippen molar-refractivity contribution in [3.05, 3.63) is 11.3 Å². The zero-order chi connectivity index (χ0) is 15.5. The maximum Gasteiger partial charge on any atom is 0.411 e. The van der Waals surface area contributed by atoms with Gasteiger partial charge in [0.15, 0.2) is 5.72 Å². The standard InChI is InChI=1S/C15H28N2O3/c1-7-17(8-2)15(5,19)13(16-14(18)20-6)12-9-11(12)10(3)4/h10-11,19H,7-9H2,1-6H3,(H,16,18)/b13-12-. The summed E-state index contributed by atoms with van der Waals surface area (Å²) in [5.41, 5.74) is 0.533. The number of methoxy groups -OCH3 is 1. The summed E-state index contributed by atoms with van der Waals surface area (Å²) >= 11 is 0. The minimum absolute atomic E-state index is 0.434. The first-order valence-electron chi connectivity index (χ1n) is 7.35. The Kier molecular flexibility index (Phi) is 5.59. The molecule has 1 aliphatic rings. The number of hydrogen-bond donors (Lipinski definition) is 2. The summed E-state index contributed by atoms with van der Waals surface area (Å²) in [5.74, 6) is 0.941. The van der Waals surface area contributed by atoms with Crippen LogP contribution in [0.25, 0.3) is 0 Å². The van der Waals surface area contributed by atoms with Gasteiger partial charge in [-0.05, 0) is 43.8 Å². The van der Waals surface area contributed by atoms with Crippen LogP contribution >= 0.6 is 0 Å². The fourth-order valence-electron chi connectivity index (χ4n) is 2.76. The van der Waals surface area contributed by atoms with Gasteiger partial charge in [-0.15, -0.1) is 0 Å². The zero-order valence-corrected chi connectivity index (χ0v) is 13.5. The van der Waals surface area contributed by atoms with Crippen LogP contribution in [0.2, 0.25) is 0 Å². The number of amides is 1. The topological polar surface area (TPSA) is 61.8 Å². The Balaban J connectivity index is 3.09. The van der Waals surface area contributed by atoms with Gasteiger partial charge in [0.2, 0.25) is 0 Å². The van der Waals surface area contributed by atoms with Gasteiger partial charge < -0.3 is 9.84 Å². The molecule has 2 unspecified atom stereocenters. The first kappa shape index (κ1) is 17.0. The molecular formula is C15H28N2O3. The van der Waals surface area contributed by atoms with Crippen LogP contribution in [0.15, 0.2) is 11.3 Å². The van der Waals surface area contributed by atoms with Gasteiger partial charge in [-0.2, -0.15) is 0 Å². The second kappa shape index (κ2) is 6.59. The normalized spacial score (nSPS) is 23.6. The Morgan fingerprint density at radius 1 is 1.50 bits per heavy atom. The van der Waals surface area contributed by atoms with E-state index in [1.54, 1.807) is 6.92 Å². The molecule has 2 N–H and O–H groups in total. The van der Waals surface area contributed by atoms with Crippen molar-refractivity contribution in [1.82, 2.24) is 10.2 Å². The molecule has 1 rings (SSSR count). The zero-order valence-electron chi connectivity index (χ0n) is 13.5. The molecule has 0 aliphatic heterocycles. The number of alkyl carbamates (subject to hydrolysis) is 1. The Morgan fingerprint density at radius 2 is 2.05 bits per heavy atom. The van der Waals surface area contributed by atoms with E-state index >= 15 is 0 Å². The van der Waals surface area contributed by atoms with Crippen LogP contribution < -0.4 is 5.32 Å². The second-order valence-electron chi connectivity index (χ2n) is 5.76. The molecule has 0 radical (unpaired) electrons. The fourth-order valence-corrected chi connectivity index (χ4v) is 2.76.